The van der Waals surface area contributed by atoms with Gasteiger partial charge in [0.1, 0.15) is 11.4 Å². The Bertz CT molecular complexity index is 777. The normalized spacial score (nSPS) is 11.0. The van der Waals surface area contributed by atoms with Gasteiger partial charge in [-0.15, -0.1) is 13.2 Å². The molecule has 0 unspecified atom stereocenters. The van der Waals surface area contributed by atoms with Gasteiger partial charge in [-0.05, 0) is 31.2 Å². The number of carbonyl (C=O) groups is 2. The van der Waals surface area contributed by atoms with Crippen molar-refractivity contribution in [3.05, 3.63) is 48.0 Å². The molecule has 2 rings (SSSR count). The first kappa shape index (κ1) is 19.2. The Balaban J connectivity index is 1.91. The van der Waals surface area contributed by atoms with Crippen molar-refractivity contribution < 1.29 is 27.5 Å². The van der Waals surface area contributed by atoms with E-state index in [1.807, 2.05) is 0 Å². The summed E-state index contributed by atoms with van der Waals surface area (Å²) in [6.45, 7) is 1.46. The lowest BCUT2D eigenvalue weighted by atomic mass is 10.3. The van der Waals surface area contributed by atoms with E-state index in [-0.39, 0.29) is 17.9 Å². The van der Waals surface area contributed by atoms with Crippen molar-refractivity contribution in [1.29, 1.82) is 0 Å². The number of nitrogens with zero attached hydrogens (tertiary/aromatic N) is 3. The maximum atomic E-state index is 12.1. The molecule has 1 N–H and O–H groups in total. The van der Waals surface area contributed by atoms with E-state index in [0.29, 0.717) is 5.69 Å². The number of nitrogens with one attached hydrogen (secondary N) is 1. The third-order valence-electron chi connectivity index (χ3n) is 3.10. The van der Waals surface area contributed by atoms with Crippen LogP contribution in [-0.4, -0.2) is 46.6 Å². The Hall–Kier alpha value is -3.17. The minimum absolute atomic E-state index is 0.0968. The lowest BCUT2D eigenvalue weighted by Crippen LogP contribution is -2.35. The van der Waals surface area contributed by atoms with Gasteiger partial charge in [0.05, 0.1) is 18.4 Å². The number of alkyl halides is 3. The molecule has 1 heterocycles. The number of rotatable bonds is 5. The Labute approximate surface area is 146 Å². The molecule has 0 radical (unpaired) electrons. The largest absolute Gasteiger partial charge is 0.573 e. The van der Waals surface area contributed by atoms with Crippen LogP contribution in [0.2, 0.25) is 0 Å². The van der Waals surface area contributed by atoms with E-state index in [0.717, 1.165) is 17.0 Å². The van der Waals surface area contributed by atoms with Crippen molar-refractivity contribution in [3.8, 4) is 5.75 Å². The molecule has 0 aliphatic heterocycles. The lowest BCUT2D eigenvalue weighted by molar-refractivity contribution is -0.274. The molecule has 0 aliphatic rings. The van der Waals surface area contributed by atoms with Crippen LogP contribution >= 0.6 is 0 Å². The molecule has 0 saturated heterocycles. The smallest absolute Gasteiger partial charge is 0.406 e. The molecule has 2 amide bonds. The van der Waals surface area contributed by atoms with Crippen molar-refractivity contribution in [2.24, 2.45) is 0 Å². The zero-order valence-corrected chi connectivity index (χ0v) is 13.9. The van der Waals surface area contributed by atoms with Gasteiger partial charge in [0.15, 0.2) is 0 Å². The van der Waals surface area contributed by atoms with E-state index < -0.39 is 23.9 Å². The Morgan fingerprint density at radius 3 is 2.35 bits per heavy atom. The Morgan fingerprint density at radius 1 is 1.15 bits per heavy atom. The highest BCUT2D eigenvalue weighted by Gasteiger charge is 2.31. The fraction of sp³-hybridized carbons (Fsp3) is 0.250. The van der Waals surface area contributed by atoms with Gasteiger partial charge >= 0.3 is 6.36 Å². The summed E-state index contributed by atoms with van der Waals surface area (Å²) in [5.74, 6) is -1.41. The fourth-order valence-corrected chi connectivity index (χ4v) is 1.93. The van der Waals surface area contributed by atoms with E-state index in [2.05, 4.69) is 20.0 Å². The summed E-state index contributed by atoms with van der Waals surface area (Å²) < 4.78 is 40.0. The fourth-order valence-electron chi connectivity index (χ4n) is 1.93. The summed E-state index contributed by atoms with van der Waals surface area (Å²) in [5, 5.41) is 2.47. The number of aryl methyl sites for hydroxylation is 1. The summed E-state index contributed by atoms with van der Waals surface area (Å²) in [5.41, 5.74) is 1.01. The summed E-state index contributed by atoms with van der Waals surface area (Å²) in [6, 6.07) is 4.65. The number of ether oxygens (including phenoxy) is 1. The van der Waals surface area contributed by atoms with Crippen LogP contribution < -0.4 is 10.1 Å². The van der Waals surface area contributed by atoms with Gasteiger partial charge in [-0.1, -0.05) is 0 Å². The van der Waals surface area contributed by atoms with Crippen molar-refractivity contribution in [1.82, 2.24) is 14.9 Å². The van der Waals surface area contributed by atoms with Crippen molar-refractivity contribution in [2.75, 3.05) is 18.9 Å². The first-order valence-electron chi connectivity index (χ1n) is 7.34. The molecule has 0 spiro atoms. The maximum absolute atomic E-state index is 12.1. The number of carbonyl (C=O) groups excluding carboxylic acids is 2. The highest BCUT2D eigenvalue weighted by molar-refractivity contribution is 5.98. The predicted octanol–water partition coefficient (Wildman–Crippen LogP) is 2.39. The van der Waals surface area contributed by atoms with E-state index in [1.165, 1.54) is 31.6 Å². The molecule has 2 aromatic rings. The van der Waals surface area contributed by atoms with Crippen LogP contribution in [0.5, 0.6) is 5.75 Å². The molecule has 0 atom stereocenters. The molecule has 0 fully saturated rings. The number of aromatic nitrogens is 2. The van der Waals surface area contributed by atoms with E-state index >= 15 is 0 Å². The highest BCUT2D eigenvalue weighted by Crippen LogP contribution is 2.23. The second-order valence-electron chi connectivity index (χ2n) is 5.32. The molecule has 0 aliphatic carbocycles. The Kier molecular flexibility index (Phi) is 5.75. The van der Waals surface area contributed by atoms with Gasteiger partial charge in [-0.25, -0.2) is 4.98 Å². The standard InChI is InChI=1S/C16H15F3N4O3/c1-10-7-21-13(8-20-10)15(25)23(2)9-14(24)22-11-3-5-12(6-4-11)26-16(17,18)19/h3-8H,9H2,1-2H3,(H,22,24). The van der Waals surface area contributed by atoms with E-state index in [9.17, 15) is 22.8 Å². The zero-order valence-electron chi connectivity index (χ0n) is 13.9. The summed E-state index contributed by atoms with van der Waals surface area (Å²) >= 11 is 0. The number of benzene rings is 1. The van der Waals surface area contributed by atoms with Crippen molar-refractivity contribution >= 4 is 17.5 Å². The van der Waals surface area contributed by atoms with Crippen LogP contribution in [0.25, 0.3) is 0 Å². The quantitative estimate of drug-likeness (QED) is 0.876. The van der Waals surface area contributed by atoms with Crippen molar-refractivity contribution in [2.45, 2.75) is 13.3 Å². The monoisotopic (exact) mass is 368 g/mol. The molecule has 1 aromatic carbocycles. The first-order chi connectivity index (χ1) is 12.1. The maximum Gasteiger partial charge on any atom is 0.573 e. The minimum atomic E-state index is -4.79. The molecular formula is C16H15F3N4O3. The zero-order chi connectivity index (χ0) is 19.3. The molecule has 0 saturated carbocycles. The lowest BCUT2D eigenvalue weighted by Gasteiger charge is -2.16. The molecule has 0 bridgehead atoms. The average molecular weight is 368 g/mol. The van der Waals surface area contributed by atoms with Gasteiger partial charge in [-0.3, -0.25) is 14.6 Å². The second-order valence-corrected chi connectivity index (χ2v) is 5.32. The SMILES string of the molecule is Cc1cnc(C(=O)N(C)CC(=O)Nc2ccc(OC(F)(F)F)cc2)cn1. The highest BCUT2D eigenvalue weighted by atomic mass is 19.4. The third kappa shape index (κ3) is 5.72. The van der Waals surface area contributed by atoms with E-state index in [1.54, 1.807) is 6.92 Å². The van der Waals surface area contributed by atoms with Gasteiger partial charge < -0.3 is 15.0 Å². The third-order valence-corrected chi connectivity index (χ3v) is 3.10. The van der Waals surface area contributed by atoms with Crippen LogP contribution in [-0.2, 0) is 4.79 Å². The molecular weight excluding hydrogens is 353 g/mol. The summed E-state index contributed by atoms with van der Waals surface area (Å²) in [4.78, 5) is 33.2. The van der Waals surface area contributed by atoms with Crippen molar-refractivity contribution in [3.63, 3.8) is 0 Å². The van der Waals surface area contributed by atoms with Crippen LogP contribution in [0.3, 0.4) is 0 Å². The number of hydrogen-bond donors (Lipinski definition) is 1. The number of hydrogen-bond acceptors (Lipinski definition) is 5. The van der Waals surface area contributed by atoms with Crippen LogP contribution in [0.4, 0.5) is 18.9 Å². The minimum Gasteiger partial charge on any atom is -0.406 e. The second kappa shape index (κ2) is 7.81. The van der Waals surface area contributed by atoms with Gasteiger partial charge in [-0.2, -0.15) is 0 Å². The topological polar surface area (TPSA) is 84.4 Å². The van der Waals surface area contributed by atoms with Crippen LogP contribution in [0.15, 0.2) is 36.7 Å². The summed E-state index contributed by atoms with van der Waals surface area (Å²) in [7, 11) is 1.42. The molecule has 26 heavy (non-hydrogen) atoms. The Morgan fingerprint density at radius 2 is 1.81 bits per heavy atom. The molecule has 10 heteroatoms. The average Bonchev–Trinajstić information content (AvgIpc) is 2.55. The number of likely N-dealkylation sites (N-methyl/N-ethyl adjacent to an activating group) is 1. The van der Waals surface area contributed by atoms with Crippen LogP contribution in [0, 0.1) is 6.92 Å². The summed E-state index contributed by atoms with van der Waals surface area (Å²) in [6.07, 6.45) is -2.04. The van der Waals surface area contributed by atoms with E-state index in [4.69, 9.17) is 0 Å². The number of amides is 2. The number of anilines is 1. The van der Waals surface area contributed by atoms with Gasteiger partial charge in [0, 0.05) is 18.9 Å². The van der Waals surface area contributed by atoms with Gasteiger partial charge in [0.25, 0.3) is 5.91 Å². The van der Waals surface area contributed by atoms with Gasteiger partial charge in [0.2, 0.25) is 5.91 Å². The molecule has 138 valence electrons. The number of halogens is 3. The predicted molar refractivity (Wildman–Crippen MR) is 85.5 cm³/mol. The first-order valence-corrected chi connectivity index (χ1v) is 7.34. The van der Waals surface area contributed by atoms with Crippen LogP contribution in [0.1, 0.15) is 16.2 Å². The molecule has 7 nitrogen and oxygen atoms in total. The molecule has 1 aromatic heterocycles.